The molecule has 1 aliphatic heterocycles. The summed E-state index contributed by atoms with van der Waals surface area (Å²) in [6, 6.07) is 9.40. The summed E-state index contributed by atoms with van der Waals surface area (Å²) < 4.78 is 70.2. The number of halogens is 3. The van der Waals surface area contributed by atoms with E-state index in [1.807, 2.05) is 12.1 Å². The third-order valence-corrected chi connectivity index (χ3v) is 7.17. The van der Waals surface area contributed by atoms with Gasteiger partial charge in [-0.25, -0.2) is 13.2 Å². The summed E-state index contributed by atoms with van der Waals surface area (Å²) in [5, 5.41) is 25.7. The molecule has 0 radical (unpaired) electrons. The van der Waals surface area contributed by atoms with E-state index in [-0.39, 0.29) is 38.7 Å². The highest BCUT2D eigenvalue weighted by Crippen LogP contribution is 2.38. The van der Waals surface area contributed by atoms with E-state index in [0.29, 0.717) is 0 Å². The van der Waals surface area contributed by atoms with Gasteiger partial charge in [-0.2, -0.15) is 28.8 Å². The summed E-state index contributed by atoms with van der Waals surface area (Å²) in [5.41, 5.74) is -1.10. The van der Waals surface area contributed by atoms with Gasteiger partial charge in [0.2, 0.25) is 0 Å². The number of nitrogens with zero attached hydrogens (tertiary/aromatic N) is 5. The quantitative estimate of drug-likeness (QED) is 0.496. The van der Waals surface area contributed by atoms with Crippen molar-refractivity contribution in [3.8, 4) is 12.1 Å². The van der Waals surface area contributed by atoms with Crippen molar-refractivity contribution in [2.75, 3.05) is 9.62 Å². The molecule has 0 aliphatic carbocycles. The van der Waals surface area contributed by atoms with Gasteiger partial charge in [-0.1, -0.05) is 12.1 Å². The van der Waals surface area contributed by atoms with Crippen molar-refractivity contribution in [2.45, 2.75) is 24.0 Å². The molecule has 0 bridgehead atoms. The van der Waals surface area contributed by atoms with Crippen molar-refractivity contribution in [1.29, 1.82) is 10.5 Å². The minimum Gasteiger partial charge on any atom is -0.326 e. The van der Waals surface area contributed by atoms with Gasteiger partial charge < -0.3 is 5.32 Å². The number of allylic oxidation sites excluding steroid dienone is 1. The molecule has 1 aromatic heterocycles. The summed E-state index contributed by atoms with van der Waals surface area (Å²) in [7, 11) is -2.76. The molecule has 0 saturated carbocycles. The number of hydrogen-bond donors (Lipinski definition) is 2. The number of nitriles is 2. The molecule has 0 unspecified atom stereocenters. The topological polar surface area (TPSA) is 144 Å². The Morgan fingerprint density at radius 2 is 1.87 bits per heavy atom. The number of aryl methyl sites for hydroxylation is 1. The fraction of sp³-hybridized carbons (Fsp3) is 0.167. The van der Waals surface area contributed by atoms with Gasteiger partial charge in [0.15, 0.2) is 0 Å². The van der Waals surface area contributed by atoms with Crippen LogP contribution in [0.1, 0.15) is 29.7 Å². The first-order valence-electron chi connectivity index (χ1n) is 10.8. The van der Waals surface area contributed by atoms with Crippen molar-refractivity contribution in [1.82, 2.24) is 15.1 Å². The second-order valence-electron chi connectivity index (χ2n) is 8.25. The van der Waals surface area contributed by atoms with E-state index in [1.165, 1.54) is 42.2 Å². The minimum absolute atomic E-state index is 0.00671. The van der Waals surface area contributed by atoms with Gasteiger partial charge in [-0.3, -0.25) is 14.3 Å². The second-order valence-corrected chi connectivity index (χ2v) is 9.90. The lowest BCUT2D eigenvalue weighted by molar-refractivity contribution is -0.137. The van der Waals surface area contributed by atoms with Crippen LogP contribution in [0.3, 0.4) is 0 Å². The lowest BCUT2D eigenvalue weighted by Gasteiger charge is -2.34. The predicted octanol–water partition coefficient (Wildman–Crippen LogP) is 4.18. The molecule has 38 heavy (non-hydrogen) atoms. The van der Waals surface area contributed by atoms with Gasteiger partial charge in [-0.05, 0) is 37.3 Å². The van der Waals surface area contributed by atoms with Crippen LogP contribution in [-0.2, 0) is 23.2 Å². The molecule has 2 amide bonds. The number of amides is 2. The van der Waals surface area contributed by atoms with E-state index in [2.05, 4.69) is 15.1 Å². The third-order valence-electron chi connectivity index (χ3n) is 5.74. The average Bonchev–Trinajstić information content (AvgIpc) is 3.26. The van der Waals surface area contributed by atoms with Crippen LogP contribution in [0.4, 0.5) is 29.3 Å². The zero-order valence-corrected chi connectivity index (χ0v) is 20.6. The van der Waals surface area contributed by atoms with E-state index in [9.17, 15) is 36.9 Å². The van der Waals surface area contributed by atoms with Crippen LogP contribution in [0, 0.1) is 22.7 Å². The molecule has 2 aromatic carbocycles. The first-order chi connectivity index (χ1) is 17.9. The van der Waals surface area contributed by atoms with Crippen LogP contribution < -0.4 is 14.9 Å². The maximum absolute atomic E-state index is 13.3. The number of urea groups is 1. The zero-order chi connectivity index (χ0) is 27.8. The Morgan fingerprint density at radius 1 is 1.13 bits per heavy atom. The molecule has 4 rings (SSSR count). The molecule has 0 spiro atoms. The van der Waals surface area contributed by atoms with Crippen molar-refractivity contribution in [3.63, 3.8) is 0 Å². The lowest BCUT2D eigenvalue weighted by atomic mass is 9.94. The largest absolute Gasteiger partial charge is 0.416 e. The highest BCUT2D eigenvalue weighted by molar-refractivity contribution is 7.92. The standard InChI is InChI=1S/C24H18F3N7O3S/c1-14-20(11-29)22(31-23(35)34(14)18-5-3-4-16(9-18)24(25,26)27)19-7-6-15(10-28)8-21(19)38(36,37)32-17-12-30-33(2)13-17/h3-9,12-13,22,32H,1-2H3,(H,31,35)/t22-/m1/s1. The Bertz CT molecular complexity index is 1660. The molecule has 194 valence electrons. The Labute approximate surface area is 215 Å². The zero-order valence-electron chi connectivity index (χ0n) is 19.8. The van der Waals surface area contributed by atoms with Crippen LogP contribution >= 0.6 is 0 Å². The average molecular weight is 542 g/mol. The fourth-order valence-corrected chi connectivity index (χ4v) is 5.32. The molecule has 14 heteroatoms. The molecule has 0 saturated heterocycles. The highest BCUT2D eigenvalue weighted by Gasteiger charge is 2.37. The maximum Gasteiger partial charge on any atom is 0.416 e. The van der Waals surface area contributed by atoms with Crippen molar-refractivity contribution in [2.24, 2.45) is 7.05 Å². The van der Waals surface area contributed by atoms with E-state index in [1.54, 1.807) is 7.05 Å². The van der Waals surface area contributed by atoms with Gasteiger partial charge in [0.25, 0.3) is 10.0 Å². The maximum atomic E-state index is 13.3. The van der Waals surface area contributed by atoms with Gasteiger partial charge >= 0.3 is 12.2 Å². The second kappa shape index (κ2) is 9.57. The van der Waals surface area contributed by atoms with E-state index >= 15 is 0 Å². The highest BCUT2D eigenvalue weighted by atomic mass is 32.2. The molecule has 10 nitrogen and oxygen atoms in total. The van der Waals surface area contributed by atoms with Gasteiger partial charge in [0.05, 0.1) is 57.3 Å². The number of carbonyl (C=O) groups excluding carboxylic acids is 1. The van der Waals surface area contributed by atoms with Crippen molar-refractivity contribution in [3.05, 3.63) is 82.8 Å². The number of sulfonamides is 1. The van der Waals surface area contributed by atoms with Crippen LogP contribution in [0.25, 0.3) is 0 Å². The number of nitrogens with one attached hydrogen (secondary N) is 2. The number of alkyl halides is 3. The molecular formula is C24H18F3N7O3S. The Morgan fingerprint density at radius 3 is 2.47 bits per heavy atom. The SMILES string of the molecule is CC1=C(C#N)[C@@H](c2ccc(C#N)cc2S(=O)(=O)Nc2cnn(C)c2)NC(=O)N1c1cccc(C(F)(F)F)c1. The van der Waals surface area contributed by atoms with Crippen LogP contribution in [0.5, 0.6) is 0 Å². The monoisotopic (exact) mass is 541 g/mol. The molecule has 2 N–H and O–H groups in total. The van der Waals surface area contributed by atoms with E-state index in [0.717, 1.165) is 29.2 Å². The number of benzene rings is 2. The van der Waals surface area contributed by atoms with Crippen LogP contribution in [-0.4, -0.2) is 24.2 Å². The number of aromatic nitrogens is 2. The Kier molecular flexibility index (Phi) is 6.61. The predicted molar refractivity (Wildman–Crippen MR) is 129 cm³/mol. The Balaban J connectivity index is 1.83. The number of carbonyl (C=O) groups is 1. The number of hydrogen-bond acceptors (Lipinski definition) is 6. The lowest BCUT2D eigenvalue weighted by Crippen LogP contribution is -2.47. The third kappa shape index (κ3) is 4.89. The number of rotatable bonds is 5. The first kappa shape index (κ1) is 26.2. The molecule has 1 atom stereocenters. The molecule has 2 heterocycles. The Hall–Kier alpha value is -4.82. The summed E-state index contributed by atoms with van der Waals surface area (Å²) in [4.78, 5) is 13.7. The molecular weight excluding hydrogens is 523 g/mol. The summed E-state index contributed by atoms with van der Waals surface area (Å²) in [5.74, 6) is 0. The summed E-state index contributed by atoms with van der Waals surface area (Å²) in [6.07, 6.45) is -1.98. The van der Waals surface area contributed by atoms with Gasteiger partial charge in [0.1, 0.15) is 0 Å². The molecule has 0 fully saturated rings. The van der Waals surface area contributed by atoms with E-state index < -0.39 is 33.8 Å². The van der Waals surface area contributed by atoms with Crippen molar-refractivity contribution >= 4 is 27.4 Å². The van der Waals surface area contributed by atoms with Gasteiger partial charge in [0, 0.05) is 24.5 Å². The van der Waals surface area contributed by atoms with Crippen LogP contribution in [0.2, 0.25) is 0 Å². The normalized spacial score (nSPS) is 16.0. The van der Waals surface area contributed by atoms with Crippen molar-refractivity contribution < 1.29 is 26.4 Å². The first-order valence-corrected chi connectivity index (χ1v) is 12.3. The molecule has 1 aliphatic rings. The van der Waals surface area contributed by atoms with E-state index in [4.69, 9.17) is 0 Å². The number of anilines is 2. The molecule has 3 aromatic rings. The summed E-state index contributed by atoms with van der Waals surface area (Å²) in [6.45, 7) is 1.37. The van der Waals surface area contributed by atoms with Crippen LogP contribution in [0.15, 0.2) is 71.0 Å². The summed E-state index contributed by atoms with van der Waals surface area (Å²) >= 11 is 0. The van der Waals surface area contributed by atoms with Gasteiger partial charge in [-0.15, -0.1) is 0 Å². The smallest absolute Gasteiger partial charge is 0.326 e. The fourth-order valence-electron chi connectivity index (χ4n) is 4.01. The minimum atomic E-state index is -4.66.